The van der Waals surface area contributed by atoms with Crippen LogP contribution in [0.3, 0.4) is 0 Å². The Kier molecular flexibility index (Phi) is 11.2. The van der Waals surface area contributed by atoms with Crippen LogP contribution < -0.4 is 0 Å². The second-order valence-corrected chi connectivity index (χ2v) is 9.30. The number of likely N-dealkylation sites (N-methyl/N-ethyl adjacent to an activating group) is 1. The fourth-order valence-corrected chi connectivity index (χ4v) is 4.50. The van der Waals surface area contributed by atoms with Crippen molar-refractivity contribution < 1.29 is 23.3 Å². The number of benzene rings is 2. The third kappa shape index (κ3) is 9.09. The van der Waals surface area contributed by atoms with Gasteiger partial charge in [0.1, 0.15) is 6.16 Å². The lowest BCUT2D eigenvalue weighted by Gasteiger charge is -2.26. The van der Waals surface area contributed by atoms with Gasteiger partial charge in [0.2, 0.25) is 0 Å². The van der Waals surface area contributed by atoms with Gasteiger partial charge in [-0.15, -0.1) is 0 Å². The summed E-state index contributed by atoms with van der Waals surface area (Å²) in [4.78, 5) is 12.8. The third-order valence-corrected chi connectivity index (χ3v) is 6.61. The molecular weight excluding hydrogens is 443 g/mol. The summed E-state index contributed by atoms with van der Waals surface area (Å²) in [6.45, 7) is 5.18. The predicted molar refractivity (Wildman–Crippen MR) is 128 cm³/mol. The lowest BCUT2D eigenvalue weighted by molar-refractivity contribution is -0.385. The van der Waals surface area contributed by atoms with Gasteiger partial charge in [0.25, 0.3) is 5.69 Å². The van der Waals surface area contributed by atoms with Crippen LogP contribution in [0.1, 0.15) is 31.0 Å². The number of nitro benzene ring substituents is 1. The molecule has 2 rings (SSSR count). The van der Waals surface area contributed by atoms with Crippen LogP contribution in [0.5, 0.6) is 0 Å². The van der Waals surface area contributed by atoms with Crippen LogP contribution in [-0.2, 0) is 25.0 Å². The molecule has 0 fully saturated rings. The Labute approximate surface area is 195 Å². The molecule has 2 aromatic carbocycles. The molecule has 0 saturated heterocycles. The van der Waals surface area contributed by atoms with Crippen LogP contribution in [0.2, 0.25) is 0 Å². The van der Waals surface area contributed by atoms with Crippen molar-refractivity contribution in [3.05, 3.63) is 75.8 Å². The summed E-state index contributed by atoms with van der Waals surface area (Å²) in [6.07, 6.45) is 0.00844. The first kappa shape index (κ1) is 26.7. The Hall–Kier alpha value is -2.53. The van der Waals surface area contributed by atoms with Crippen LogP contribution in [0.15, 0.2) is 54.6 Å². The van der Waals surface area contributed by atoms with Crippen LogP contribution in [0, 0.1) is 22.0 Å². The Bertz CT molecular complexity index is 979. The van der Waals surface area contributed by atoms with E-state index >= 15 is 0 Å². The number of non-ortho nitro benzene ring substituents is 1. The summed E-state index contributed by atoms with van der Waals surface area (Å²) in [7, 11) is -1.35. The Morgan fingerprint density at radius 3 is 2.39 bits per heavy atom. The topological polar surface area (TPSA) is 91.1 Å². The minimum atomic E-state index is -3.22. The van der Waals surface area contributed by atoms with E-state index in [9.17, 15) is 14.7 Å². The largest absolute Gasteiger partial charge is 0.375 e. The quantitative estimate of drug-likeness (QED) is 0.174. The molecule has 33 heavy (non-hydrogen) atoms. The molecule has 0 aromatic heterocycles. The van der Waals surface area contributed by atoms with Crippen molar-refractivity contribution in [2.75, 3.05) is 39.6 Å². The van der Waals surface area contributed by atoms with Crippen molar-refractivity contribution in [1.29, 1.82) is 0 Å². The van der Waals surface area contributed by atoms with E-state index in [2.05, 4.69) is 11.8 Å². The lowest BCUT2D eigenvalue weighted by atomic mass is 10.1. The summed E-state index contributed by atoms with van der Waals surface area (Å²) >= 11 is 0. The zero-order chi connectivity index (χ0) is 24.1. The van der Waals surface area contributed by atoms with Gasteiger partial charge in [-0.3, -0.25) is 19.6 Å². The van der Waals surface area contributed by atoms with E-state index in [0.717, 1.165) is 11.1 Å². The van der Waals surface area contributed by atoms with Gasteiger partial charge in [0.15, 0.2) is 0 Å². The monoisotopic (exact) mass is 474 g/mol. The molecule has 0 spiro atoms. The number of nitro groups is 1. The molecule has 178 valence electrons. The first-order valence-electron chi connectivity index (χ1n) is 10.8. The number of ether oxygens (including phenoxy) is 1. The van der Waals surface area contributed by atoms with Crippen molar-refractivity contribution in [3.63, 3.8) is 0 Å². The van der Waals surface area contributed by atoms with Gasteiger partial charge < -0.3 is 13.8 Å². The summed E-state index contributed by atoms with van der Waals surface area (Å²) in [6, 6.07) is 16.1. The van der Waals surface area contributed by atoms with E-state index in [0.29, 0.717) is 19.8 Å². The first-order chi connectivity index (χ1) is 15.9. The summed E-state index contributed by atoms with van der Waals surface area (Å²) < 4.78 is 29.0. The van der Waals surface area contributed by atoms with Gasteiger partial charge in [-0.05, 0) is 32.0 Å². The molecule has 0 aliphatic heterocycles. The van der Waals surface area contributed by atoms with Crippen LogP contribution in [0.4, 0.5) is 5.69 Å². The molecule has 2 aromatic rings. The third-order valence-electron chi connectivity index (χ3n) is 4.76. The number of hydrogen-bond donors (Lipinski definition) is 0. The molecule has 9 heteroatoms. The summed E-state index contributed by atoms with van der Waals surface area (Å²) in [5.41, 5.74) is 1.82. The minimum Gasteiger partial charge on any atom is -0.375 e. The summed E-state index contributed by atoms with van der Waals surface area (Å²) in [5.74, 6) is 5.90. The molecule has 0 heterocycles. The van der Waals surface area contributed by atoms with E-state index in [1.54, 1.807) is 26.0 Å². The van der Waals surface area contributed by atoms with E-state index in [1.165, 1.54) is 6.07 Å². The second-order valence-electron chi connectivity index (χ2n) is 7.24. The average molecular weight is 474 g/mol. The van der Waals surface area contributed by atoms with Crippen LogP contribution >= 0.6 is 7.60 Å². The molecule has 8 nitrogen and oxygen atoms in total. The van der Waals surface area contributed by atoms with E-state index < -0.39 is 12.5 Å². The molecule has 0 aliphatic carbocycles. The Morgan fingerprint density at radius 2 is 1.76 bits per heavy atom. The zero-order valence-electron chi connectivity index (χ0n) is 19.3. The van der Waals surface area contributed by atoms with Gasteiger partial charge >= 0.3 is 7.60 Å². The number of rotatable bonds is 13. The normalized spacial score (nSPS) is 12.2. The van der Waals surface area contributed by atoms with Gasteiger partial charge in [-0.2, -0.15) is 0 Å². The maximum Gasteiger partial charge on any atom is 0.342 e. The highest BCUT2D eigenvalue weighted by molar-refractivity contribution is 7.54. The van der Waals surface area contributed by atoms with Gasteiger partial charge in [0.05, 0.1) is 43.9 Å². The van der Waals surface area contributed by atoms with Crippen molar-refractivity contribution in [1.82, 2.24) is 4.90 Å². The lowest BCUT2D eigenvalue weighted by Crippen LogP contribution is -2.29. The van der Waals surface area contributed by atoms with Crippen molar-refractivity contribution in [3.8, 4) is 11.8 Å². The van der Waals surface area contributed by atoms with Gasteiger partial charge in [0, 0.05) is 12.1 Å². The molecule has 1 unspecified atom stereocenters. The molecule has 1 atom stereocenters. The molecule has 0 aliphatic rings. The molecule has 0 amide bonds. The van der Waals surface area contributed by atoms with Crippen LogP contribution in [-0.4, -0.2) is 49.4 Å². The molecule has 0 N–H and O–H groups in total. The van der Waals surface area contributed by atoms with E-state index in [4.69, 9.17) is 13.8 Å². The molecule has 0 bridgehead atoms. The standard InChI is InChI=1S/C24H31N2O6P/c1-4-31-33(29,32-5-2)17-10-9-16-25(3)24(20-30-19-21-12-7-6-8-13-21)22-14-11-15-23(18-22)26(27)28/h6-8,11-15,18,24H,4-5,16-17,19-20H2,1-3H3. The highest BCUT2D eigenvalue weighted by atomic mass is 31.2. The fourth-order valence-electron chi connectivity index (χ4n) is 3.15. The minimum absolute atomic E-state index is 0.00844. The van der Waals surface area contributed by atoms with Crippen LogP contribution in [0.25, 0.3) is 0 Å². The highest BCUT2D eigenvalue weighted by Crippen LogP contribution is 2.47. The fraction of sp³-hybridized carbons (Fsp3) is 0.417. The number of nitrogens with zero attached hydrogens (tertiary/aromatic N) is 2. The maximum absolute atomic E-state index is 12.5. The van der Waals surface area contributed by atoms with Crippen molar-refractivity contribution in [2.45, 2.75) is 26.5 Å². The van der Waals surface area contributed by atoms with Crippen molar-refractivity contribution >= 4 is 13.3 Å². The van der Waals surface area contributed by atoms with E-state index in [1.807, 2.05) is 48.3 Å². The molecule has 0 saturated carbocycles. The van der Waals surface area contributed by atoms with E-state index in [-0.39, 0.29) is 31.1 Å². The van der Waals surface area contributed by atoms with Crippen molar-refractivity contribution in [2.24, 2.45) is 0 Å². The highest BCUT2D eigenvalue weighted by Gasteiger charge is 2.22. The molecular formula is C24H31N2O6P. The SMILES string of the molecule is CCOP(=O)(CC#CCN(C)C(COCc1ccccc1)c1cccc([N+](=O)[O-])c1)OCC. The molecule has 0 radical (unpaired) electrons. The second kappa shape index (κ2) is 13.9. The Balaban J connectivity index is 2.11. The first-order valence-corrected chi connectivity index (χ1v) is 12.5. The summed E-state index contributed by atoms with van der Waals surface area (Å²) in [5, 5.41) is 11.2. The number of hydrogen-bond acceptors (Lipinski definition) is 7. The van der Waals surface area contributed by atoms with Gasteiger partial charge in [-0.25, -0.2) is 0 Å². The predicted octanol–water partition coefficient (Wildman–Crippen LogP) is 5.05. The van der Waals surface area contributed by atoms with Gasteiger partial charge in [-0.1, -0.05) is 54.3 Å². The smallest absolute Gasteiger partial charge is 0.342 e. The maximum atomic E-state index is 12.5. The zero-order valence-corrected chi connectivity index (χ0v) is 20.2. The average Bonchev–Trinajstić information content (AvgIpc) is 2.80. The Morgan fingerprint density at radius 1 is 1.06 bits per heavy atom.